The van der Waals surface area contributed by atoms with Gasteiger partial charge in [-0.15, -0.1) is 10.2 Å². The molecular formula is C25H23ClF2N6O. The van der Waals surface area contributed by atoms with Gasteiger partial charge in [-0.1, -0.05) is 11.6 Å². The molecular weight excluding hydrogens is 474 g/mol. The number of halogens is 3. The van der Waals surface area contributed by atoms with Crippen LogP contribution < -0.4 is 4.90 Å². The van der Waals surface area contributed by atoms with Crippen molar-refractivity contribution in [3.8, 4) is 5.69 Å². The lowest BCUT2D eigenvalue weighted by Crippen LogP contribution is -2.62. The van der Waals surface area contributed by atoms with Crippen LogP contribution in [-0.4, -0.2) is 49.8 Å². The number of rotatable bonds is 3. The number of nitrogens with zero attached hydrogens (tertiary/aromatic N) is 6. The summed E-state index contributed by atoms with van der Waals surface area (Å²) >= 11 is 6.30. The van der Waals surface area contributed by atoms with Crippen molar-refractivity contribution >= 4 is 23.3 Å². The average Bonchev–Trinajstić information content (AvgIpc) is 3.43. The van der Waals surface area contributed by atoms with E-state index in [9.17, 15) is 13.6 Å². The quantitative estimate of drug-likeness (QED) is 0.547. The molecule has 180 valence electrons. The largest absolute Gasteiger partial charge is 0.355 e. The molecule has 1 saturated heterocycles. The van der Waals surface area contributed by atoms with Gasteiger partial charge in [0, 0.05) is 36.0 Å². The van der Waals surface area contributed by atoms with Crippen LogP contribution in [0.4, 0.5) is 14.6 Å². The first-order chi connectivity index (χ1) is 16.9. The Balaban J connectivity index is 1.14. The Morgan fingerprint density at radius 2 is 1.91 bits per heavy atom. The molecule has 2 aliphatic heterocycles. The summed E-state index contributed by atoms with van der Waals surface area (Å²) < 4.78 is 28.9. The van der Waals surface area contributed by atoms with Gasteiger partial charge in [-0.3, -0.25) is 9.36 Å². The minimum atomic E-state index is -1.05. The van der Waals surface area contributed by atoms with Gasteiger partial charge in [0.15, 0.2) is 5.82 Å². The first-order valence-electron chi connectivity index (χ1n) is 11.9. The Morgan fingerprint density at radius 1 is 1.11 bits per heavy atom. The molecule has 10 heteroatoms. The highest BCUT2D eigenvalue weighted by Gasteiger charge is 2.54. The van der Waals surface area contributed by atoms with E-state index in [-0.39, 0.29) is 23.1 Å². The Bertz CT molecular complexity index is 1330. The normalized spacial score (nSPS) is 24.3. The molecule has 3 aromatic rings. The van der Waals surface area contributed by atoms with E-state index >= 15 is 0 Å². The maximum Gasteiger partial charge on any atom is 0.229 e. The van der Waals surface area contributed by atoms with Crippen LogP contribution in [0.25, 0.3) is 5.69 Å². The first kappa shape index (κ1) is 21.2. The lowest BCUT2D eigenvalue weighted by atomic mass is 9.57. The lowest BCUT2D eigenvalue weighted by molar-refractivity contribution is -0.134. The minimum absolute atomic E-state index is 0.173. The Kier molecular flexibility index (Phi) is 4.53. The van der Waals surface area contributed by atoms with Crippen molar-refractivity contribution in [3.63, 3.8) is 0 Å². The maximum absolute atomic E-state index is 13.6. The molecule has 2 aliphatic carbocycles. The van der Waals surface area contributed by atoms with Crippen LogP contribution in [0, 0.1) is 17.2 Å². The number of pyridine rings is 1. The van der Waals surface area contributed by atoms with Crippen LogP contribution in [-0.2, 0) is 17.9 Å². The SMILES string of the molecule is O=C(C1C[C@H]1F)N1Cc2cc(Cl)ccc2-n2c(nnc2C2CC3(C2)CN(c2ccc(F)cn2)C3)C1. The van der Waals surface area contributed by atoms with E-state index in [0.29, 0.717) is 30.4 Å². The van der Waals surface area contributed by atoms with E-state index in [2.05, 4.69) is 24.6 Å². The van der Waals surface area contributed by atoms with Gasteiger partial charge in [0.1, 0.15) is 23.6 Å². The fourth-order valence-electron chi connectivity index (χ4n) is 6.01. The number of hydrogen-bond donors (Lipinski definition) is 0. The molecule has 3 fully saturated rings. The van der Waals surface area contributed by atoms with E-state index in [1.807, 2.05) is 18.2 Å². The summed E-state index contributed by atoms with van der Waals surface area (Å²) in [5.74, 6) is 1.60. The number of anilines is 1. The Labute approximate surface area is 205 Å². The zero-order valence-electron chi connectivity index (χ0n) is 18.9. The second-order valence-electron chi connectivity index (χ2n) is 10.4. The van der Waals surface area contributed by atoms with Crippen LogP contribution in [0.2, 0.25) is 5.02 Å². The zero-order valence-corrected chi connectivity index (χ0v) is 19.6. The van der Waals surface area contributed by atoms with E-state index < -0.39 is 12.1 Å². The second kappa shape index (κ2) is 7.46. The minimum Gasteiger partial charge on any atom is -0.355 e. The molecule has 7 nitrogen and oxygen atoms in total. The van der Waals surface area contributed by atoms with Crippen molar-refractivity contribution in [2.45, 2.75) is 44.4 Å². The molecule has 0 radical (unpaired) electrons. The van der Waals surface area contributed by atoms with Gasteiger partial charge < -0.3 is 9.80 Å². The topological polar surface area (TPSA) is 67.2 Å². The monoisotopic (exact) mass is 496 g/mol. The van der Waals surface area contributed by atoms with Gasteiger partial charge in [-0.05, 0) is 55.2 Å². The predicted molar refractivity (Wildman–Crippen MR) is 124 cm³/mol. The number of fused-ring (bicyclic) bond motifs is 3. The summed E-state index contributed by atoms with van der Waals surface area (Å²) in [4.78, 5) is 20.9. The number of benzene rings is 1. The van der Waals surface area contributed by atoms with E-state index in [1.165, 1.54) is 12.3 Å². The maximum atomic E-state index is 13.6. The summed E-state index contributed by atoms with van der Waals surface area (Å²) in [6.45, 7) is 2.45. The first-order valence-corrected chi connectivity index (χ1v) is 12.3. The van der Waals surface area contributed by atoms with Gasteiger partial charge in [0.25, 0.3) is 0 Å². The second-order valence-corrected chi connectivity index (χ2v) is 10.9. The Hall–Kier alpha value is -3.07. The van der Waals surface area contributed by atoms with Crippen molar-refractivity contribution in [2.24, 2.45) is 11.3 Å². The third kappa shape index (κ3) is 3.43. The number of carbonyl (C=O) groups excluding carboxylic acids is 1. The van der Waals surface area contributed by atoms with Crippen LogP contribution >= 0.6 is 11.6 Å². The summed E-state index contributed by atoms with van der Waals surface area (Å²) in [6.07, 6.45) is 2.48. The highest BCUT2D eigenvalue weighted by molar-refractivity contribution is 6.30. The molecule has 1 amide bonds. The van der Waals surface area contributed by atoms with Crippen molar-refractivity contribution in [3.05, 3.63) is 64.6 Å². The molecule has 1 unspecified atom stereocenters. The van der Waals surface area contributed by atoms with Crippen molar-refractivity contribution in [2.75, 3.05) is 18.0 Å². The number of carbonyl (C=O) groups is 1. The van der Waals surface area contributed by atoms with Crippen LogP contribution in [0.15, 0.2) is 36.5 Å². The van der Waals surface area contributed by atoms with E-state index in [1.54, 1.807) is 11.0 Å². The van der Waals surface area contributed by atoms with Crippen molar-refractivity contribution in [1.29, 1.82) is 0 Å². The highest BCUT2D eigenvalue weighted by Crippen LogP contribution is 2.56. The number of aromatic nitrogens is 4. The molecule has 2 saturated carbocycles. The highest BCUT2D eigenvalue weighted by atomic mass is 35.5. The molecule has 4 heterocycles. The van der Waals surface area contributed by atoms with Crippen molar-refractivity contribution < 1.29 is 13.6 Å². The van der Waals surface area contributed by atoms with Gasteiger partial charge >= 0.3 is 0 Å². The van der Waals surface area contributed by atoms with Crippen molar-refractivity contribution in [1.82, 2.24) is 24.6 Å². The fourth-order valence-corrected chi connectivity index (χ4v) is 6.20. The van der Waals surface area contributed by atoms with E-state index in [0.717, 1.165) is 48.8 Å². The summed E-state index contributed by atoms with van der Waals surface area (Å²) in [5, 5.41) is 9.63. The smallest absolute Gasteiger partial charge is 0.229 e. The number of alkyl halides is 1. The molecule has 35 heavy (non-hydrogen) atoms. The fraction of sp³-hybridized carbons (Fsp3) is 0.440. The summed E-state index contributed by atoms with van der Waals surface area (Å²) in [6, 6.07) is 8.83. The molecule has 2 atom stereocenters. The molecule has 0 bridgehead atoms. The third-order valence-corrected chi connectivity index (χ3v) is 8.12. The standard InChI is InChI=1S/C25H23ClF2N6O/c26-16-1-3-20-14(5-16)10-32(24(35)18-6-19(18)28)11-22-30-31-23(34(20)22)15-7-25(8-15)12-33(13-25)21-4-2-17(27)9-29-21/h1-5,9,15,18-19H,6-8,10-13H2/t18?,19-/m1/s1. The van der Waals surface area contributed by atoms with Gasteiger partial charge in [0.05, 0.1) is 24.3 Å². The molecule has 0 N–H and O–H groups in total. The summed E-state index contributed by atoms with van der Waals surface area (Å²) in [5.41, 5.74) is 2.05. The molecule has 7 rings (SSSR count). The van der Waals surface area contributed by atoms with Crippen LogP contribution in [0.3, 0.4) is 0 Å². The van der Waals surface area contributed by atoms with Gasteiger partial charge in [0.2, 0.25) is 5.91 Å². The third-order valence-electron chi connectivity index (χ3n) is 7.88. The Morgan fingerprint density at radius 3 is 2.63 bits per heavy atom. The van der Waals surface area contributed by atoms with Gasteiger partial charge in [-0.2, -0.15) is 0 Å². The van der Waals surface area contributed by atoms with Crippen LogP contribution in [0.5, 0.6) is 0 Å². The van der Waals surface area contributed by atoms with Gasteiger partial charge in [-0.25, -0.2) is 13.8 Å². The summed E-state index contributed by atoms with van der Waals surface area (Å²) in [7, 11) is 0. The number of hydrogen-bond acceptors (Lipinski definition) is 5. The average molecular weight is 497 g/mol. The molecule has 1 aromatic carbocycles. The number of amides is 1. The molecule has 1 spiro atoms. The van der Waals surface area contributed by atoms with E-state index in [4.69, 9.17) is 11.6 Å². The zero-order chi connectivity index (χ0) is 23.9. The predicted octanol–water partition coefficient (Wildman–Crippen LogP) is 4.04. The molecule has 2 aromatic heterocycles. The lowest BCUT2D eigenvalue weighted by Gasteiger charge is -2.59. The molecule has 4 aliphatic rings. The van der Waals surface area contributed by atoms with Crippen LogP contribution in [0.1, 0.15) is 42.4 Å².